The van der Waals surface area contributed by atoms with Crippen molar-refractivity contribution >= 4 is 22.6 Å². The number of nitrogens with one attached hydrogen (secondary N) is 2. The molecule has 3 aromatic heterocycles. The normalized spacial score (nSPS) is 16.2. The van der Waals surface area contributed by atoms with Gasteiger partial charge in [0, 0.05) is 61.6 Å². The summed E-state index contributed by atoms with van der Waals surface area (Å²) in [6.45, 7) is 6.13. The molecule has 1 amide bonds. The number of amides is 1. The fourth-order valence-corrected chi connectivity index (χ4v) is 5.18. The molecule has 42 heavy (non-hydrogen) atoms. The summed E-state index contributed by atoms with van der Waals surface area (Å²) in [4.78, 5) is 32.4. The summed E-state index contributed by atoms with van der Waals surface area (Å²) in [6, 6.07) is 5.49. The van der Waals surface area contributed by atoms with Gasteiger partial charge in [-0.25, -0.2) is 9.97 Å². The van der Waals surface area contributed by atoms with Crippen LogP contribution in [0, 0.1) is 25.7 Å². The summed E-state index contributed by atoms with van der Waals surface area (Å²) in [5, 5.41) is 6.06. The van der Waals surface area contributed by atoms with Crippen LogP contribution in [0.25, 0.3) is 11.0 Å². The Morgan fingerprint density at radius 1 is 1.05 bits per heavy atom. The van der Waals surface area contributed by atoms with Gasteiger partial charge in [0.05, 0.1) is 34.3 Å². The molecule has 0 radical (unpaired) electrons. The summed E-state index contributed by atoms with van der Waals surface area (Å²) >= 11 is 0. The van der Waals surface area contributed by atoms with Crippen molar-refractivity contribution in [1.82, 2.24) is 30.2 Å². The lowest BCUT2D eigenvalue weighted by Gasteiger charge is -2.34. The van der Waals surface area contributed by atoms with E-state index < -0.39 is 17.6 Å². The number of alkyl halides is 3. The fraction of sp³-hybridized carbons (Fsp3) is 0.323. The number of anilines is 1. The number of nitrogens with zero attached hydrogens (tertiary/aromatic N) is 5. The average Bonchev–Trinajstić information content (AvgIpc) is 3.70. The monoisotopic (exact) mass is 571 g/mol. The molecule has 1 aliphatic carbocycles. The first-order chi connectivity index (χ1) is 20.1. The van der Waals surface area contributed by atoms with Crippen molar-refractivity contribution in [1.29, 1.82) is 0 Å². The zero-order valence-electron chi connectivity index (χ0n) is 23.1. The van der Waals surface area contributed by atoms with Gasteiger partial charge in [0.15, 0.2) is 0 Å². The molecular weight excluding hydrogens is 543 g/mol. The summed E-state index contributed by atoms with van der Waals surface area (Å²) in [7, 11) is 0. The number of fused-ring (bicyclic) bond motifs is 1. The lowest BCUT2D eigenvalue weighted by molar-refractivity contribution is -0.138. The minimum atomic E-state index is -4.56. The Balaban J connectivity index is 1.20. The molecule has 1 aliphatic heterocycles. The highest BCUT2D eigenvalue weighted by Gasteiger charge is 2.45. The molecule has 4 heterocycles. The number of piperazine rings is 1. The molecule has 11 heteroatoms. The molecule has 2 aliphatic rings. The predicted octanol–water partition coefficient (Wildman–Crippen LogP) is 4.65. The number of halogens is 3. The van der Waals surface area contributed by atoms with E-state index in [2.05, 4.69) is 47.3 Å². The number of carbonyl (C=O) groups excluding carboxylic acids is 1. The molecule has 1 spiro atoms. The first-order valence-corrected chi connectivity index (χ1v) is 13.6. The zero-order valence-corrected chi connectivity index (χ0v) is 23.1. The van der Waals surface area contributed by atoms with Crippen LogP contribution >= 0.6 is 0 Å². The maximum atomic E-state index is 14.0. The molecule has 4 aromatic rings. The van der Waals surface area contributed by atoms with E-state index in [1.54, 1.807) is 12.4 Å². The predicted molar refractivity (Wildman–Crippen MR) is 152 cm³/mol. The highest BCUT2D eigenvalue weighted by atomic mass is 19.4. The highest BCUT2D eigenvalue weighted by Crippen LogP contribution is 2.39. The Labute approximate surface area is 240 Å². The minimum absolute atomic E-state index is 0.0533. The number of aromatic nitrogens is 4. The number of benzene rings is 1. The lowest BCUT2D eigenvalue weighted by atomic mass is 10.0. The summed E-state index contributed by atoms with van der Waals surface area (Å²) in [6.07, 6.45) is 3.61. The third-order valence-corrected chi connectivity index (χ3v) is 7.71. The number of pyridine rings is 2. The first kappa shape index (κ1) is 27.8. The Kier molecular flexibility index (Phi) is 7.12. The van der Waals surface area contributed by atoms with Gasteiger partial charge in [-0.15, -0.1) is 0 Å². The van der Waals surface area contributed by atoms with Crippen LogP contribution < -0.4 is 10.6 Å². The van der Waals surface area contributed by atoms with Crippen LogP contribution in [0.4, 0.5) is 18.9 Å². The summed E-state index contributed by atoms with van der Waals surface area (Å²) in [5.41, 5.74) is 3.59. The van der Waals surface area contributed by atoms with Crippen LogP contribution in [-0.2, 0) is 12.7 Å². The fourth-order valence-electron chi connectivity index (χ4n) is 5.18. The Morgan fingerprint density at radius 2 is 1.83 bits per heavy atom. The average molecular weight is 572 g/mol. The van der Waals surface area contributed by atoms with E-state index in [1.807, 2.05) is 13.8 Å². The molecule has 1 saturated heterocycles. The van der Waals surface area contributed by atoms with Crippen molar-refractivity contribution < 1.29 is 18.0 Å². The van der Waals surface area contributed by atoms with E-state index in [9.17, 15) is 18.0 Å². The molecule has 1 aromatic carbocycles. The molecule has 0 atom stereocenters. The molecule has 0 unspecified atom stereocenters. The smallest absolute Gasteiger partial charge is 0.322 e. The second-order valence-electron chi connectivity index (χ2n) is 10.9. The number of hydrogen-bond donors (Lipinski definition) is 2. The topological polar surface area (TPSA) is 95.9 Å². The van der Waals surface area contributed by atoms with Gasteiger partial charge < -0.3 is 10.6 Å². The second-order valence-corrected chi connectivity index (χ2v) is 10.9. The number of aryl methyl sites for hydroxylation is 2. The standard InChI is InChI=1S/C31H28F3N7O/c1-19-20(2)39-28-22(14-36-16-27(28)38-19)4-3-21-11-24(15-35-13-21)29(42)40-25-6-5-23(26(12-25)31(32,33)34)17-41-10-9-37-30(18-41)7-8-30/h5-6,11-16,37H,7-10,17-18H2,1-2H3,(H,40,42). The minimum Gasteiger partial charge on any atom is -0.322 e. The van der Waals surface area contributed by atoms with Gasteiger partial charge in [-0.05, 0) is 50.5 Å². The van der Waals surface area contributed by atoms with Gasteiger partial charge in [0.2, 0.25) is 0 Å². The van der Waals surface area contributed by atoms with Crippen molar-refractivity contribution in [2.75, 3.05) is 25.0 Å². The molecule has 0 bridgehead atoms. The maximum absolute atomic E-state index is 14.0. The van der Waals surface area contributed by atoms with Gasteiger partial charge in [0.1, 0.15) is 11.0 Å². The Hall–Kier alpha value is -4.40. The second kappa shape index (κ2) is 10.8. The number of rotatable bonds is 4. The van der Waals surface area contributed by atoms with Gasteiger partial charge in [0.25, 0.3) is 5.91 Å². The number of carbonyl (C=O) groups is 1. The Bertz CT molecular complexity index is 1760. The molecule has 2 N–H and O–H groups in total. The van der Waals surface area contributed by atoms with Crippen molar-refractivity contribution in [2.45, 2.75) is 44.9 Å². The molecule has 8 nitrogen and oxygen atoms in total. The van der Waals surface area contributed by atoms with Crippen molar-refractivity contribution in [3.05, 3.63) is 88.3 Å². The summed E-state index contributed by atoms with van der Waals surface area (Å²) < 4.78 is 42.1. The van der Waals surface area contributed by atoms with Crippen LogP contribution in [-0.4, -0.2) is 55.9 Å². The Morgan fingerprint density at radius 3 is 2.62 bits per heavy atom. The number of hydrogen-bond acceptors (Lipinski definition) is 7. The lowest BCUT2D eigenvalue weighted by Crippen LogP contribution is -2.52. The van der Waals surface area contributed by atoms with E-state index in [1.165, 1.54) is 30.6 Å². The van der Waals surface area contributed by atoms with E-state index >= 15 is 0 Å². The zero-order chi connectivity index (χ0) is 29.5. The van der Waals surface area contributed by atoms with E-state index in [4.69, 9.17) is 0 Å². The highest BCUT2D eigenvalue weighted by molar-refractivity contribution is 6.04. The van der Waals surface area contributed by atoms with Crippen LogP contribution in [0.1, 0.15) is 56.8 Å². The maximum Gasteiger partial charge on any atom is 0.416 e. The van der Waals surface area contributed by atoms with Crippen molar-refractivity contribution in [3.8, 4) is 11.8 Å². The van der Waals surface area contributed by atoms with Gasteiger partial charge in [-0.2, -0.15) is 13.2 Å². The molecule has 1 saturated carbocycles. The van der Waals surface area contributed by atoms with Gasteiger partial charge >= 0.3 is 6.18 Å². The van der Waals surface area contributed by atoms with Crippen molar-refractivity contribution in [2.24, 2.45) is 0 Å². The third kappa shape index (κ3) is 5.95. The van der Waals surface area contributed by atoms with E-state index in [-0.39, 0.29) is 28.9 Å². The van der Waals surface area contributed by atoms with E-state index in [0.717, 1.165) is 43.4 Å². The van der Waals surface area contributed by atoms with Crippen molar-refractivity contribution in [3.63, 3.8) is 0 Å². The van der Waals surface area contributed by atoms with E-state index in [0.29, 0.717) is 28.7 Å². The van der Waals surface area contributed by atoms with Gasteiger partial charge in [-0.3, -0.25) is 19.7 Å². The first-order valence-electron chi connectivity index (χ1n) is 13.6. The molecule has 2 fully saturated rings. The van der Waals surface area contributed by atoms with Crippen LogP contribution in [0.2, 0.25) is 0 Å². The van der Waals surface area contributed by atoms with Gasteiger partial charge in [-0.1, -0.05) is 17.9 Å². The molecule has 214 valence electrons. The van der Waals surface area contributed by atoms with Crippen LogP contribution in [0.15, 0.2) is 49.1 Å². The van der Waals surface area contributed by atoms with Crippen LogP contribution in [0.5, 0.6) is 0 Å². The van der Waals surface area contributed by atoms with Crippen LogP contribution in [0.3, 0.4) is 0 Å². The summed E-state index contributed by atoms with van der Waals surface area (Å²) in [5.74, 6) is 5.40. The quantitative estimate of drug-likeness (QED) is 0.345. The largest absolute Gasteiger partial charge is 0.416 e. The SMILES string of the molecule is Cc1nc2cncc(C#Cc3cncc(C(=O)Nc4ccc(CN5CCNC6(CC6)C5)c(C(F)(F)F)c4)c3)c2nc1C. The third-order valence-electron chi connectivity index (χ3n) is 7.71. The molecular formula is C31H28F3N7O. The molecule has 6 rings (SSSR count).